The molecule has 0 bridgehead atoms. The Kier molecular flexibility index (Phi) is 5.91. The Bertz CT molecular complexity index is 837. The van der Waals surface area contributed by atoms with Crippen molar-refractivity contribution in [2.45, 2.75) is 27.2 Å². The number of nitrogens with zero attached hydrogens (tertiary/aromatic N) is 2. The van der Waals surface area contributed by atoms with Crippen LogP contribution in [-0.4, -0.2) is 18.4 Å². The van der Waals surface area contributed by atoms with E-state index in [1.54, 1.807) is 24.3 Å². The Morgan fingerprint density at radius 1 is 1.16 bits per heavy atom. The lowest BCUT2D eigenvalue weighted by Gasteiger charge is -2.25. The van der Waals surface area contributed by atoms with E-state index in [1.165, 1.54) is 11.8 Å². The molecule has 0 aliphatic rings. The summed E-state index contributed by atoms with van der Waals surface area (Å²) in [6.45, 7) is 5.28. The molecule has 1 N–H and O–H groups in total. The molecule has 0 radical (unpaired) electrons. The number of para-hydroxylation sites is 2. The molecule has 0 saturated carbocycles. The Hall–Kier alpha value is -3.13. The number of benzene rings is 2. The van der Waals surface area contributed by atoms with Crippen molar-refractivity contribution in [3.8, 4) is 6.07 Å². The van der Waals surface area contributed by atoms with Gasteiger partial charge in [0.25, 0.3) is 0 Å². The zero-order chi connectivity index (χ0) is 18.4. The van der Waals surface area contributed by atoms with Crippen LogP contribution in [0, 0.1) is 18.3 Å². The first-order valence-corrected chi connectivity index (χ1v) is 8.13. The van der Waals surface area contributed by atoms with Crippen molar-refractivity contribution in [3.05, 3.63) is 59.2 Å². The van der Waals surface area contributed by atoms with Crippen molar-refractivity contribution in [1.29, 1.82) is 5.26 Å². The van der Waals surface area contributed by atoms with E-state index >= 15 is 0 Å². The third kappa shape index (κ3) is 4.24. The van der Waals surface area contributed by atoms with Crippen molar-refractivity contribution in [1.82, 2.24) is 0 Å². The summed E-state index contributed by atoms with van der Waals surface area (Å²) in [6, 6.07) is 14.6. The first-order chi connectivity index (χ1) is 12.0. The van der Waals surface area contributed by atoms with Gasteiger partial charge in [0.05, 0.1) is 16.9 Å². The van der Waals surface area contributed by atoms with Crippen molar-refractivity contribution < 1.29 is 9.59 Å². The maximum Gasteiger partial charge on any atom is 0.244 e. The minimum absolute atomic E-state index is 0.104. The largest absolute Gasteiger partial charge is 0.323 e. The van der Waals surface area contributed by atoms with Crippen molar-refractivity contribution >= 4 is 23.2 Å². The molecule has 0 unspecified atom stereocenters. The van der Waals surface area contributed by atoms with Gasteiger partial charge >= 0.3 is 0 Å². The second-order valence-electron chi connectivity index (χ2n) is 5.75. The Morgan fingerprint density at radius 2 is 1.88 bits per heavy atom. The maximum absolute atomic E-state index is 12.5. The van der Waals surface area contributed by atoms with E-state index in [2.05, 4.69) is 5.32 Å². The zero-order valence-electron chi connectivity index (χ0n) is 14.7. The Balaban J connectivity index is 2.27. The summed E-state index contributed by atoms with van der Waals surface area (Å²) < 4.78 is 0. The van der Waals surface area contributed by atoms with E-state index in [9.17, 15) is 9.59 Å². The van der Waals surface area contributed by atoms with Crippen LogP contribution >= 0.6 is 0 Å². The van der Waals surface area contributed by atoms with Gasteiger partial charge in [0.2, 0.25) is 11.8 Å². The minimum Gasteiger partial charge on any atom is -0.323 e. The lowest BCUT2D eigenvalue weighted by Crippen LogP contribution is -2.37. The van der Waals surface area contributed by atoms with Gasteiger partial charge in [-0.1, -0.05) is 37.3 Å². The summed E-state index contributed by atoms with van der Waals surface area (Å²) in [4.78, 5) is 26.1. The second kappa shape index (κ2) is 8.11. The summed E-state index contributed by atoms with van der Waals surface area (Å²) in [6.07, 6.45) is 0.764. The highest BCUT2D eigenvalue weighted by Gasteiger charge is 2.20. The van der Waals surface area contributed by atoms with Gasteiger partial charge in [0, 0.05) is 6.92 Å². The van der Waals surface area contributed by atoms with Crippen LogP contribution < -0.4 is 10.2 Å². The van der Waals surface area contributed by atoms with Crippen LogP contribution in [-0.2, 0) is 16.0 Å². The molecule has 0 aliphatic carbocycles. The Labute approximate surface area is 147 Å². The van der Waals surface area contributed by atoms with E-state index in [-0.39, 0.29) is 18.4 Å². The molecule has 2 amide bonds. The highest BCUT2D eigenvalue weighted by molar-refractivity contribution is 6.03. The van der Waals surface area contributed by atoms with Crippen LogP contribution in [0.3, 0.4) is 0 Å². The van der Waals surface area contributed by atoms with Crippen molar-refractivity contribution in [2.24, 2.45) is 0 Å². The minimum atomic E-state index is -0.344. The number of anilines is 2. The van der Waals surface area contributed by atoms with Gasteiger partial charge in [0.1, 0.15) is 12.6 Å². The van der Waals surface area contributed by atoms with E-state index < -0.39 is 0 Å². The molecule has 0 fully saturated rings. The average molecular weight is 335 g/mol. The number of carbonyl (C=O) groups excluding carboxylic acids is 2. The fraction of sp³-hybridized carbons (Fsp3) is 0.250. The zero-order valence-corrected chi connectivity index (χ0v) is 14.7. The van der Waals surface area contributed by atoms with Crippen molar-refractivity contribution in [2.75, 3.05) is 16.8 Å². The normalized spacial score (nSPS) is 10.0. The van der Waals surface area contributed by atoms with Gasteiger partial charge in [0.15, 0.2) is 0 Å². The number of hydrogen-bond donors (Lipinski definition) is 1. The molecule has 25 heavy (non-hydrogen) atoms. The fourth-order valence-electron chi connectivity index (χ4n) is 2.76. The molecule has 5 heteroatoms. The van der Waals surface area contributed by atoms with Gasteiger partial charge in [-0.2, -0.15) is 5.26 Å². The summed E-state index contributed by atoms with van der Waals surface area (Å²) in [5, 5.41) is 11.8. The fourth-order valence-corrected chi connectivity index (χ4v) is 2.76. The molecule has 2 rings (SSSR count). The number of hydrogen-bond acceptors (Lipinski definition) is 3. The number of amides is 2. The van der Waals surface area contributed by atoms with E-state index in [4.69, 9.17) is 5.26 Å². The lowest BCUT2D eigenvalue weighted by atomic mass is 10.0. The number of carbonyl (C=O) groups is 2. The van der Waals surface area contributed by atoms with Gasteiger partial charge in [-0.15, -0.1) is 0 Å². The monoisotopic (exact) mass is 335 g/mol. The molecule has 0 aromatic heterocycles. The highest BCUT2D eigenvalue weighted by atomic mass is 16.2. The lowest BCUT2D eigenvalue weighted by molar-refractivity contribution is -0.120. The van der Waals surface area contributed by atoms with Gasteiger partial charge < -0.3 is 10.2 Å². The van der Waals surface area contributed by atoms with Gasteiger partial charge in [-0.05, 0) is 36.6 Å². The second-order valence-corrected chi connectivity index (χ2v) is 5.75. The number of rotatable bonds is 5. The smallest absolute Gasteiger partial charge is 0.244 e. The first-order valence-electron chi connectivity index (χ1n) is 8.13. The van der Waals surface area contributed by atoms with E-state index in [0.717, 1.165) is 23.2 Å². The van der Waals surface area contributed by atoms with Crippen LogP contribution in [0.5, 0.6) is 0 Å². The number of nitrogens with one attached hydrogen (secondary N) is 1. The summed E-state index contributed by atoms with van der Waals surface area (Å²) >= 11 is 0. The molecular formula is C20H21N3O2. The summed E-state index contributed by atoms with van der Waals surface area (Å²) in [5.41, 5.74) is 3.57. The number of nitriles is 1. The molecule has 128 valence electrons. The third-order valence-electron chi connectivity index (χ3n) is 3.98. The molecule has 2 aromatic rings. The molecule has 0 aliphatic heterocycles. The number of aryl methyl sites for hydroxylation is 2. The SMILES string of the molecule is CCc1cccc(C)c1N(CC(=O)Nc1ccccc1C#N)C(C)=O. The first kappa shape index (κ1) is 18.2. The molecule has 2 aromatic carbocycles. The quantitative estimate of drug-likeness (QED) is 0.910. The predicted molar refractivity (Wildman–Crippen MR) is 98.4 cm³/mol. The summed E-state index contributed by atoms with van der Waals surface area (Å²) in [5.74, 6) is -0.545. The molecule has 0 atom stereocenters. The average Bonchev–Trinajstić information content (AvgIpc) is 2.60. The van der Waals surface area contributed by atoms with Crippen molar-refractivity contribution in [3.63, 3.8) is 0 Å². The Morgan fingerprint density at radius 3 is 2.52 bits per heavy atom. The highest BCUT2D eigenvalue weighted by Crippen LogP contribution is 2.26. The van der Waals surface area contributed by atoms with Crippen LogP contribution in [0.1, 0.15) is 30.5 Å². The van der Waals surface area contributed by atoms with Crippen LogP contribution in [0.15, 0.2) is 42.5 Å². The molecule has 5 nitrogen and oxygen atoms in total. The topological polar surface area (TPSA) is 73.2 Å². The van der Waals surface area contributed by atoms with Gasteiger partial charge in [-0.3, -0.25) is 9.59 Å². The summed E-state index contributed by atoms with van der Waals surface area (Å²) in [7, 11) is 0. The standard InChI is InChI=1S/C20H21N3O2/c1-4-16-10-7-8-14(2)20(16)23(15(3)24)13-19(25)22-18-11-6-5-9-17(18)12-21/h5-11H,4,13H2,1-3H3,(H,22,25). The third-order valence-corrected chi connectivity index (χ3v) is 3.98. The van der Waals surface area contributed by atoms with E-state index in [1.807, 2.05) is 38.1 Å². The van der Waals surface area contributed by atoms with Gasteiger partial charge in [-0.25, -0.2) is 0 Å². The molecule has 0 saturated heterocycles. The molecule has 0 spiro atoms. The van der Waals surface area contributed by atoms with Crippen LogP contribution in [0.25, 0.3) is 0 Å². The maximum atomic E-state index is 12.5. The molecular weight excluding hydrogens is 314 g/mol. The van der Waals surface area contributed by atoms with Crippen LogP contribution in [0.2, 0.25) is 0 Å². The molecule has 0 heterocycles. The van der Waals surface area contributed by atoms with E-state index in [0.29, 0.717) is 11.3 Å². The van der Waals surface area contributed by atoms with Crippen LogP contribution in [0.4, 0.5) is 11.4 Å². The predicted octanol–water partition coefficient (Wildman–Crippen LogP) is 3.42.